The Labute approximate surface area is 159 Å². The van der Waals surface area contributed by atoms with Gasteiger partial charge in [-0.15, -0.1) is 0 Å². The number of nitrogens with zero attached hydrogens (tertiary/aromatic N) is 2. The van der Waals surface area contributed by atoms with Crippen molar-refractivity contribution in [2.45, 2.75) is 26.3 Å². The number of hydrogen-bond acceptors (Lipinski definition) is 4. The summed E-state index contributed by atoms with van der Waals surface area (Å²) in [6.07, 6.45) is 2.25. The zero-order chi connectivity index (χ0) is 18.8. The Morgan fingerprint density at radius 3 is 2.85 bits per heavy atom. The average Bonchev–Trinajstić information content (AvgIpc) is 3.09. The van der Waals surface area contributed by atoms with E-state index in [-0.39, 0.29) is 5.91 Å². The highest BCUT2D eigenvalue weighted by molar-refractivity contribution is 5.93. The highest BCUT2D eigenvalue weighted by Crippen LogP contribution is 2.27. The Morgan fingerprint density at radius 2 is 2.04 bits per heavy atom. The lowest BCUT2D eigenvalue weighted by atomic mass is 9.99. The SMILES string of the molecule is Cc1oc(-c2ccccc2)nc1C(=O)NCc1ccc2c(c1)CCCN2C. The van der Waals surface area contributed by atoms with Gasteiger partial charge in [-0.05, 0) is 49.1 Å². The van der Waals surface area contributed by atoms with Crippen LogP contribution in [0.4, 0.5) is 5.69 Å². The Bertz CT molecular complexity index is 963. The number of aromatic nitrogens is 1. The largest absolute Gasteiger partial charge is 0.441 e. The van der Waals surface area contributed by atoms with Gasteiger partial charge < -0.3 is 14.6 Å². The van der Waals surface area contributed by atoms with Crippen molar-refractivity contribution >= 4 is 11.6 Å². The van der Waals surface area contributed by atoms with Gasteiger partial charge in [0.2, 0.25) is 5.89 Å². The van der Waals surface area contributed by atoms with Crippen molar-refractivity contribution in [2.75, 3.05) is 18.5 Å². The van der Waals surface area contributed by atoms with Crippen LogP contribution in [-0.2, 0) is 13.0 Å². The van der Waals surface area contributed by atoms with Crippen LogP contribution >= 0.6 is 0 Å². The molecule has 2 heterocycles. The lowest BCUT2D eigenvalue weighted by Gasteiger charge is -2.27. The van der Waals surface area contributed by atoms with Gasteiger partial charge >= 0.3 is 0 Å². The summed E-state index contributed by atoms with van der Waals surface area (Å²) in [7, 11) is 2.12. The van der Waals surface area contributed by atoms with Crippen LogP contribution in [0, 0.1) is 6.92 Å². The number of fused-ring (bicyclic) bond motifs is 1. The number of carbonyl (C=O) groups is 1. The smallest absolute Gasteiger partial charge is 0.273 e. The maximum Gasteiger partial charge on any atom is 0.273 e. The van der Waals surface area contributed by atoms with Gasteiger partial charge in [0.05, 0.1) is 0 Å². The fraction of sp³-hybridized carbons (Fsp3) is 0.273. The number of anilines is 1. The number of aryl methyl sites for hydroxylation is 2. The number of carbonyl (C=O) groups excluding carboxylic acids is 1. The molecule has 3 aromatic rings. The predicted molar refractivity (Wildman–Crippen MR) is 106 cm³/mol. The molecule has 1 aliphatic heterocycles. The maximum absolute atomic E-state index is 12.6. The van der Waals surface area contributed by atoms with E-state index in [2.05, 4.69) is 40.4 Å². The summed E-state index contributed by atoms with van der Waals surface area (Å²) in [4.78, 5) is 19.3. The van der Waals surface area contributed by atoms with Crippen LogP contribution in [0.3, 0.4) is 0 Å². The summed E-state index contributed by atoms with van der Waals surface area (Å²) in [5.74, 6) is 0.779. The quantitative estimate of drug-likeness (QED) is 0.764. The Balaban J connectivity index is 1.46. The molecule has 0 unspecified atom stereocenters. The van der Waals surface area contributed by atoms with Crippen molar-refractivity contribution < 1.29 is 9.21 Å². The van der Waals surface area contributed by atoms with E-state index in [1.54, 1.807) is 6.92 Å². The second-order valence-corrected chi connectivity index (χ2v) is 6.96. The van der Waals surface area contributed by atoms with Crippen LogP contribution in [0.1, 0.15) is 33.8 Å². The first-order valence-corrected chi connectivity index (χ1v) is 9.26. The van der Waals surface area contributed by atoms with Gasteiger partial charge in [0.15, 0.2) is 5.69 Å². The standard InChI is InChI=1S/C22H23N3O2/c1-15-20(24-22(27-15)17-7-4-3-5-8-17)21(26)23-14-16-10-11-19-18(13-16)9-6-12-25(19)2/h3-5,7-8,10-11,13H,6,9,12,14H2,1-2H3,(H,23,26). The number of benzene rings is 2. The van der Waals surface area contributed by atoms with E-state index in [9.17, 15) is 4.79 Å². The molecule has 1 N–H and O–H groups in total. The Morgan fingerprint density at radius 1 is 1.22 bits per heavy atom. The third-order valence-electron chi connectivity index (χ3n) is 4.98. The summed E-state index contributed by atoms with van der Waals surface area (Å²) < 4.78 is 5.68. The van der Waals surface area contributed by atoms with Gasteiger partial charge in [0.1, 0.15) is 5.76 Å². The Hall–Kier alpha value is -3.08. The molecule has 1 aromatic heterocycles. The van der Waals surface area contributed by atoms with E-state index < -0.39 is 0 Å². The molecule has 0 saturated heterocycles. The van der Waals surface area contributed by atoms with Crippen molar-refractivity contribution in [3.63, 3.8) is 0 Å². The molecule has 2 aromatic carbocycles. The summed E-state index contributed by atoms with van der Waals surface area (Å²) in [6.45, 7) is 3.34. The molecule has 4 rings (SSSR count). The molecule has 138 valence electrons. The van der Waals surface area contributed by atoms with Gasteiger partial charge in [-0.3, -0.25) is 4.79 Å². The normalized spacial score (nSPS) is 13.3. The van der Waals surface area contributed by atoms with Gasteiger partial charge in [0.25, 0.3) is 5.91 Å². The predicted octanol–water partition coefficient (Wildman–Crippen LogP) is 3.96. The fourth-order valence-electron chi connectivity index (χ4n) is 3.53. The van der Waals surface area contributed by atoms with Crippen molar-refractivity contribution in [3.8, 4) is 11.5 Å². The van der Waals surface area contributed by atoms with E-state index in [1.807, 2.05) is 30.3 Å². The molecule has 5 nitrogen and oxygen atoms in total. The zero-order valence-electron chi connectivity index (χ0n) is 15.7. The summed E-state index contributed by atoms with van der Waals surface area (Å²) in [6, 6.07) is 16.0. The van der Waals surface area contributed by atoms with Crippen molar-refractivity contribution in [3.05, 3.63) is 71.1 Å². The van der Waals surface area contributed by atoms with Crippen LogP contribution in [0.25, 0.3) is 11.5 Å². The molecule has 27 heavy (non-hydrogen) atoms. The number of nitrogens with one attached hydrogen (secondary N) is 1. The van der Waals surface area contributed by atoms with Crippen LogP contribution in [0.2, 0.25) is 0 Å². The molecule has 0 fully saturated rings. The number of amides is 1. The van der Waals surface area contributed by atoms with E-state index >= 15 is 0 Å². The van der Waals surface area contributed by atoms with E-state index in [0.717, 1.165) is 24.1 Å². The molecule has 5 heteroatoms. The molecule has 0 spiro atoms. The summed E-state index contributed by atoms with van der Waals surface area (Å²) in [5, 5.41) is 2.96. The van der Waals surface area contributed by atoms with Gasteiger partial charge in [-0.25, -0.2) is 4.98 Å². The van der Waals surface area contributed by atoms with Crippen LogP contribution in [0.5, 0.6) is 0 Å². The lowest BCUT2D eigenvalue weighted by molar-refractivity contribution is 0.0945. The third-order valence-corrected chi connectivity index (χ3v) is 4.98. The molecule has 1 amide bonds. The van der Waals surface area contributed by atoms with Gasteiger partial charge in [-0.1, -0.05) is 30.3 Å². The molecule has 0 bridgehead atoms. The van der Waals surface area contributed by atoms with Crippen LogP contribution in [-0.4, -0.2) is 24.5 Å². The van der Waals surface area contributed by atoms with E-state index in [0.29, 0.717) is 23.9 Å². The highest BCUT2D eigenvalue weighted by atomic mass is 16.4. The lowest BCUT2D eigenvalue weighted by Crippen LogP contribution is -2.26. The van der Waals surface area contributed by atoms with Crippen LogP contribution < -0.4 is 10.2 Å². The first-order valence-electron chi connectivity index (χ1n) is 9.26. The Kier molecular flexibility index (Phi) is 4.67. The monoisotopic (exact) mass is 361 g/mol. The molecular formula is C22H23N3O2. The van der Waals surface area contributed by atoms with Gasteiger partial charge in [-0.2, -0.15) is 0 Å². The summed E-state index contributed by atoms with van der Waals surface area (Å²) in [5.41, 5.74) is 4.93. The highest BCUT2D eigenvalue weighted by Gasteiger charge is 2.18. The minimum atomic E-state index is -0.215. The molecule has 0 aliphatic carbocycles. The minimum absolute atomic E-state index is 0.215. The number of rotatable bonds is 4. The molecule has 0 saturated carbocycles. The van der Waals surface area contributed by atoms with Crippen molar-refractivity contribution in [1.29, 1.82) is 0 Å². The first-order chi connectivity index (χ1) is 13.1. The molecule has 0 radical (unpaired) electrons. The van der Waals surface area contributed by atoms with Gasteiger partial charge in [0, 0.05) is 31.4 Å². The first kappa shape index (κ1) is 17.3. The molecule has 0 atom stereocenters. The topological polar surface area (TPSA) is 58.4 Å². The fourth-order valence-corrected chi connectivity index (χ4v) is 3.53. The third kappa shape index (κ3) is 3.58. The van der Waals surface area contributed by atoms with Crippen LogP contribution in [0.15, 0.2) is 52.9 Å². The average molecular weight is 361 g/mol. The van der Waals surface area contributed by atoms with E-state index in [4.69, 9.17) is 4.42 Å². The van der Waals surface area contributed by atoms with Crippen molar-refractivity contribution in [1.82, 2.24) is 10.3 Å². The second-order valence-electron chi connectivity index (χ2n) is 6.96. The molecule has 1 aliphatic rings. The maximum atomic E-state index is 12.6. The molecular weight excluding hydrogens is 338 g/mol. The second kappa shape index (κ2) is 7.27. The van der Waals surface area contributed by atoms with Crippen molar-refractivity contribution in [2.24, 2.45) is 0 Å². The zero-order valence-corrected chi connectivity index (χ0v) is 15.7. The number of hydrogen-bond donors (Lipinski definition) is 1. The minimum Gasteiger partial charge on any atom is -0.441 e. The number of oxazole rings is 1. The van der Waals surface area contributed by atoms with E-state index in [1.165, 1.54) is 17.7 Å². The summed E-state index contributed by atoms with van der Waals surface area (Å²) >= 11 is 0.